The molecule has 18 heavy (non-hydrogen) atoms. The Morgan fingerprint density at radius 3 is 2.83 bits per heavy atom. The van der Waals surface area contributed by atoms with Gasteiger partial charge < -0.3 is 10.1 Å². The summed E-state index contributed by atoms with van der Waals surface area (Å²) in [4.78, 5) is 0. The second-order valence-corrected chi connectivity index (χ2v) is 6.16. The lowest BCUT2D eigenvalue weighted by Gasteiger charge is -2.18. The average Bonchev–Trinajstić information content (AvgIpc) is 2.57. The van der Waals surface area contributed by atoms with Crippen molar-refractivity contribution in [1.29, 1.82) is 0 Å². The van der Waals surface area contributed by atoms with Crippen LogP contribution in [0.5, 0.6) is 5.75 Å². The number of ether oxygens (including phenoxy) is 1. The molecule has 1 fully saturated rings. The first kappa shape index (κ1) is 13.7. The zero-order valence-electron chi connectivity index (χ0n) is 11.2. The van der Waals surface area contributed by atoms with E-state index in [1.165, 1.54) is 32.1 Å². The Balaban J connectivity index is 2.00. The third-order valence-corrected chi connectivity index (χ3v) is 4.43. The Morgan fingerprint density at radius 2 is 2.06 bits per heavy atom. The Labute approximate surface area is 118 Å². The van der Waals surface area contributed by atoms with Crippen LogP contribution in [0, 0.1) is 5.92 Å². The molecule has 1 saturated carbocycles. The minimum absolute atomic E-state index is 0.612. The summed E-state index contributed by atoms with van der Waals surface area (Å²) in [6.07, 6.45) is 6.61. The van der Waals surface area contributed by atoms with Crippen LogP contribution in [0.4, 0.5) is 5.69 Å². The molecule has 2 unspecified atom stereocenters. The molecule has 0 aliphatic heterocycles. The van der Waals surface area contributed by atoms with Gasteiger partial charge >= 0.3 is 0 Å². The fourth-order valence-electron chi connectivity index (χ4n) is 2.62. The highest BCUT2D eigenvalue weighted by atomic mass is 79.9. The lowest BCUT2D eigenvalue weighted by molar-refractivity contribution is 0.412. The molecule has 3 heteroatoms. The standard InChI is InChI=1S/C15H22BrNO/c1-11-4-3-5-12(7-6-11)17-13-8-9-14(16)15(10-13)18-2/h8-12,17H,3-7H2,1-2H3. The van der Waals surface area contributed by atoms with Gasteiger partial charge in [-0.05, 0) is 53.2 Å². The van der Waals surface area contributed by atoms with Crippen molar-refractivity contribution in [2.24, 2.45) is 5.92 Å². The predicted molar refractivity (Wildman–Crippen MR) is 80.4 cm³/mol. The minimum Gasteiger partial charge on any atom is -0.495 e. The van der Waals surface area contributed by atoms with E-state index in [0.717, 1.165) is 21.8 Å². The maximum atomic E-state index is 5.33. The van der Waals surface area contributed by atoms with Gasteiger partial charge in [0.05, 0.1) is 11.6 Å². The molecule has 0 heterocycles. The van der Waals surface area contributed by atoms with Gasteiger partial charge in [-0.25, -0.2) is 0 Å². The summed E-state index contributed by atoms with van der Waals surface area (Å²) in [7, 11) is 1.71. The number of nitrogens with one attached hydrogen (secondary N) is 1. The molecule has 100 valence electrons. The molecule has 1 aromatic carbocycles. The molecule has 0 amide bonds. The van der Waals surface area contributed by atoms with E-state index in [1.807, 2.05) is 6.07 Å². The normalized spacial score (nSPS) is 24.4. The van der Waals surface area contributed by atoms with Crippen molar-refractivity contribution in [1.82, 2.24) is 0 Å². The molecular formula is C15H22BrNO. The quantitative estimate of drug-likeness (QED) is 0.807. The third kappa shape index (κ3) is 3.64. The molecule has 1 aliphatic carbocycles. The molecule has 0 aromatic heterocycles. The number of methoxy groups -OCH3 is 1. The fourth-order valence-corrected chi connectivity index (χ4v) is 3.03. The van der Waals surface area contributed by atoms with Crippen LogP contribution in [-0.4, -0.2) is 13.2 Å². The van der Waals surface area contributed by atoms with Gasteiger partial charge in [0.2, 0.25) is 0 Å². The van der Waals surface area contributed by atoms with Crippen molar-refractivity contribution in [2.45, 2.75) is 45.1 Å². The molecule has 1 aromatic rings. The average molecular weight is 312 g/mol. The first-order valence-corrected chi connectivity index (χ1v) is 7.58. The fraction of sp³-hybridized carbons (Fsp3) is 0.600. The lowest BCUT2D eigenvalue weighted by Crippen LogP contribution is -2.18. The molecule has 2 nitrogen and oxygen atoms in total. The highest BCUT2D eigenvalue weighted by Crippen LogP contribution is 2.30. The van der Waals surface area contributed by atoms with Crippen LogP contribution in [0.25, 0.3) is 0 Å². The highest BCUT2D eigenvalue weighted by molar-refractivity contribution is 9.10. The van der Waals surface area contributed by atoms with E-state index < -0.39 is 0 Å². The smallest absolute Gasteiger partial charge is 0.135 e. The molecule has 1 N–H and O–H groups in total. The number of rotatable bonds is 3. The number of halogens is 1. The van der Waals surface area contributed by atoms with Gasteiger partial charge in [0, 0.05) is 17.8 Å². The summed E-state index contributed by atoms with van der Waals surface area (Å²) in [5.74, 6) is 1.78. The zero-order chi connectivity index (χ0) is 13.0. The topological polar surface area (TPSA) is 21.3 Å². The second kappa shape index (κ2) is 6.46. The van der Waals surface area contributed by atoms with Crippen molar-refractivity contribution in [3.8, 4) is 5.75 Å². The van der Waals surface area contributed by atoms with Crippen LogP contribution < -0.4 is 10.1 Å². The van der Waals surface area contributed by atoms with E-state index in [1.54, 1.807) is 7.11 Å². The van der Waals surface area contributed by atoms with Crippen molar-refractivity contribution >= 4 is 21.6 Å². The van der Waals surface area contributed by atoms with Gasteiger partial charge in [-0.1, -0.05) is 19.8 Å². The monoisotopic (exact) mass is 311 g/mol. The summed E-state index contributed by atoms with van der Waals surface area (Å²) in [6, 6.07) is 6.83. The number of anilines is 1. The Kier molecular flexibility index (Phi) is 4.93. The SMILES string of the molecule is COc1cc(NC2CCCC(C)CC2)ccc1Br. The van der Waals surface area contributed by atoms with Gasteiger partial charge in [-0.15, -0.1) is 0 Å². The predicted octanol–water partition coefficient (Wildman–Crippen LogP) is 4.84. The summed E-state index contributed by atoms with van der Waals surface area (Å²) in [5.41, 5.74) is 1.16. The number of benzene rings is 1. The Morgan fingerprint density at radius 1 is 1.22 bits per heavy atom. The maximum absolute atomic E-state index is 5.33. The van der Waals surface area contributed by atoms with Crippen LogP contribution in [0.2, 0.25) is 0 Å². The molecule has 0 spiro atoms. The number of hydrogen-bond acceptors (Lipinski definition) is 2. The Bertz CT molecular complexity index is 394. The molecule has 0 saturated heterocycles. The third-order valence-electron chi connectivity index (χ3n) is 3.78. The summed E-state index contributed by atoms with van der Waals surface area (Å²) in [6.45, 7) is 2.37. The van der Waals surface area contributed by atoms with Gasteiger partial charge in [0.1, 0.15) is 5.75 Å². The van der Waals surface area contributed by atoms with Crippen molar-refractivity contribution in [2.75, 3.05) is 12.4 Å². The summed E-state index contributed by atoms with van der Waals surface area (Å²) >= 11 is 3.48. The van der Waals surface area contributed by atoms with Crippen molar-refractivity contribution in [3.05, 3.63) is 22.7 Å². The van der Waals surface area contributed by atoms with Crippen LogP contribution >= 0.6 is 15.9 Å². The van der Waals surface area contributed by atoms with Crippen LogP contribution in [0.15, 0.2) is 22.7 Å². The molecule has 1 aliphatic rings. The molecule has 0 radical (unpaired) electrons. The van der Waals surface area contributed by atoms with Gasteiger partial charge in [0.15, 0.2) is 0 Å². The second-order valence-electron chi connectivity index (χ2n) is 5.30. The van der Waals surface area contributed by atoms with E-state index >= 15 is 0 Å². The van der Waals surface area contributed by atoms with Crippen LogP contribution in [0.3, 0.4) is 0 Å². The summed E-state index contributed by atoms with van der Waals surface area (Å²) < 4.78 is 6.33. The van der Waals surface area contributed by atoms with Gasteiger partial charge in [-0.3, -0.25) is 0 Å². The first-order valence-electron chi connectivity index (χ1n) is 6.79. The molecular weight excluding hydrogens is 290 g/mol. The molecule has 0 bridgehead atoms. The first-order chi connectivity index (χ1) is 8.69. The van der Waals surface area contributed by atoms with Gasteiger partial charge in [-0.2, -0.15) is 0 Å². The van der Waals surface area contributed by atoms with Gasteiger partial charge in [0.25, 0.3) is 0 Å². The van der Waals surface area contributed by atoms with Crippen LogP contribution in [-0.2, 0) is 0 Å². The maximum Gasteiger partial charge on any atom is 0.135 e. The molecule has 2 rings (SSSR count). The Hall–Kier alpha value is -0.700. The van der Waals surface area contributed by atoms with E-state index in [2.05, 4.69) is 40.3 Å². The van der Waals surface area contributed by atoms with E-state index in [0.29, 0.717) is 6.04 Å². The van der Waals surface area contributed by atoms with E-state index in [9.17, 15) is 0 Å². The largest absolute Gasteiger partial charge is 0.495 e. The van der Waals surface area contributed by atoms with Crippen molar-refractivity contribution < 1.29 is 4.74 Å². The van der Waals surface area contributed by atoms with E-state index in [4.69, 9.17) is 4.74 Å². The molecule has 2 atom stereocenters. The number of hydrogen-bond donors (Lipinski definition) is 1. The highest BCUT2D eigenvalue weighted by Gasteiger charge is 2.16. The zero-order valence-corrected chi connectivity index (χ0v) is 12.8. The van der Waals surface area contributed by atoms with Crippen LogP contribution in [0.1, 0.15) is 39.0 Å². The minimum atomic E-state index is 0.612. The van der Waals surface area contributed by atoms with Crippen molar-refractivity contribution in [3.63, 3.8) is 0 Å². The lowest BCUT2D eigenvalue weighted by atomic mass is 10.0. The summed E-state index contributed by atoms with van der Waals surface area (Å²) in [5, 5.41) is 3.64. The van der Waals surface area contributed by atoms with E-state index in [-0.39, 0.29) is 0 Å².